The molecule has 0 aliphatic carbocycles. The van der Waals surface area contributed by atoms with Crippen LogP contribution < -0.4 is 0 Å². The van der Waals surface area contributed by atoms with Crippen LogP contribution in [0, 0.1) is 0 Å². The first-order chi connectivity index (χ1) is 32.5. The quantitative estimate of drug-likeness (QED) is 0.0920. The molecule has 3 nitrogen and oxygen atoms in total. The normalized spacial score (nSPS) is 17.5. The molecule has 0 radical (unpaired) electrons. The highest BCUT2D eigenvalue weighted by atomic mass is 80.0. The maximum atomic E-state index is 8.56. The summed E-state index contributed by atoms with van der Waals surface area (Å²) in [6.45, 7) is 0. The summed E-state index contributed by atoms with van der Waals surface area (Å²) < 4.78 is -7.33. The number of alkyl halides is 50. The van der Waals surface area contributed by atoms with Crippen LogP contribution in [0.25, 0.3) is 0 Å². The van der Waals surface area contributed by atoms with Gasteiger partial charge in [-0.2, -0.15) is 0 Å². The lowest BCUT2D eigenvalue weighted by molar-refractivity contribution is 0.436. The Kier molecular flexibility index (Phi) is 46.2. The van der Waals surface area contributed by atoms with Crippen LogP contribution in [0.2, 0.25) is 0 Å². The summed E-state index contributed by atoms with van der Waals surface area (Å²) in [5, 5.41) is 0. The van der Waals surface area contributed by atoms with Crippen LogP contribution in [0.4, 0.5) is 0 Å². The maximum absolute atomic E-state index is 8.56. The predicted molar refractivity (Wildman–Crippen MR) is 523 cm³/mol. The molecule has 0 aliphatic heterocycles. The predicted octanol–water partition coefficient (Wildman–Crippen LogP) is 36.7. The molecule has 0 aliphatic rings. The van der Waals surface area contributed by atoms with E-state index in [2.05, 4.69) is 796 Å². The van der Waals surface area contributed by atoms with E-state index in [1.165, 1.54) is 0 Å². The molecule has 0 saturated heterocycles. The van der Waals surface area contributed by atoms with Crippen molar-refractivity contribution in [3.63, 3.8) is 0 Å². The van der Waals surface area contributed by atoms with Gasteiger partial charge in [-0.05, 0) is 0 Å². The molecule has 0 saturated carbocycles. The third kappa shape index (κ3) is 18.4. The lowest BCUT2D eigenvalue weighted by Gasteiger charge is -2.63. The molecule has 54 heteroatoms. The van der Waals surface area contributed by atoms with Gasteiger partial charge in [-0.3, -0.25) is 0 Å². The van der Waals surface area contributed by atoms with Crippen molar-refractivity contribution in [1.29, 1.82) is 0 Å². The van der Waals surface area contributed by atoms with Crippen LogP contribution in [0.1, 0.15) is 0 Å². The molecule has 1 atom stereocenters. The highest BCUT2D eigenvalue weighted by Gasteiger charge is 2.86. The summed E-state index contributed by atoms with van der Waals surface area (Å²) in [5.41, 5.74) is 0. The molecular formula is C24HBr50O3S-. The zero-order valence-corrected chi connectivity index (χ0v) is 113. The molecule has 0 bridgehead atoms. The monoisotopic (exact) mass is 4310 g/mol. The molecule has 0 aromatic heterocycles. The van der Waals surface area contributed by atoms with Crippen molar-refractivity contribution in [3.05, 3.63) is 0 Å². The fourth-order valence-corrected chi connectivity index (χ4v) is 55.5. The first-order valence-electron chi connectivity index (χ1n) is 15.7. The molecule has 0 rings (SSSR count). The second-order valence-electron chi connectivity index (χ2n) is 13.8. The van der Waals surface area contributed by atoms with Gasteiger partial charge in [0.25, 0.3) is 0 Å². The molecular weight excluding hydrogens is 4360 g/mol. The van der Waals surface area contributed by atoms with Crippen LogP contribution in [0.3, 0.4) is 0 Å². The molecule has 0 heterocycles. The van der Waals surface area contributed by atoms with E-state index in [0.29, 0.717) is 0 Å². The molecule has 1 unspecified atom stereocenters. The second kappa shape index (κ2) is 34.6. The number of halogens is 50. The number of hydrogen-bond donors (Lipinski definition) is 1. The fraction of sp³-hybridized carbons (Fsp3) is 1.00. The molecule has 0 amide bonds. The van der Waals surface area contributed by atoms with Crippen molar-refractivity contribution in [3.8, 4) is 0 Å². The summed E-state index contributed by atoms with van der Waals surface area (Å²) in [6, 6.07) is 0. The zero-order valence-electron chi connectivity index (χ0n) is 32.6. The first-order valence-corrected chi connectivity index (χ1v) is 56.4. The summed E-state index contributed by atoms with van der Waals surface area (Å²) in [5.74, 6) is 0. The van der Waals surface area contributed by atoms with Crippen molar-refractivity contribution < 1.29 is 13.3 Å². The van der Waals surface area contributed by atoms with Gasteiger partial charge in [-0.15, -0.1) is 0 Å². The van der Waals surface area contributed by atoms with E-state index in [1.807, 2.05) is 0 Å². The topological polar surface area (TPSA) is 60.4 Å². The Morgan fingerprint density at radius 3 is 0.244 bits per heavy atom. The van der Waals surface area contributed by atoms with Gasteiger partial charge in [0.2, 0.25) is 0 Å². The highest BCUT2D eigenvalue weighted by molar-refractivity contribution is 9.45. The molecule has 472 valence electrons. The number of rotatable bonds is 21. The zero-order chi connectivity index (χ0) is 65.6. The van der Waals surface area contributed by atoms with Crippen molar-refractivity contribution in [2.45, 2.75) is 75.4 Å². The van der Waals surface area contributed by atoms with Gasteiger partial charge in [-0.25, -0.2) is 4.21 Å². The molecule has 0 fully saturated rings. The second-order valence-corrected chi connectivity index (χ2v) is 104. The minimum absolute atomic E-state index is 0.945. The van der Waals surface area contributed by atoms with Crippen molar-refractivity contribution in [2.24, 2.45) is 0 Å². The Bertz CT molecular complexity index is 2000. The van der Waals surface area contributed by atoms with Gasteiger partial charge >= 0.3 is 0 Å². The van der Waals surface area contributed by atoms with Crippen molar-refractivity contribution in [1.82, 2.24) is 0 Å². The largest absolute Gasteiger partial charge is 0.750 e. The van der Waals surface area contributed by atoms with Crippen LogP contribution in [0.5, 0.6) is 0 Å². The van der Waals surface area contributed by atoms with E-state index in [4.69, 9.17) is 13.3 Å². The summed E-state index contributed by atoms with van der Waals surface area (Å²) in [4.78, 5) is 0. The van der Waals surface area contributed by atoms with E-state index >= 15 is 0 Å². The Hall–Kier alpha value is 24.1. The van der Waals surface area contributed by atoms with Crippen LogP contribution >= 0.6 is 796 Å². The SMILES string of the molecule is BrC(Br)(Br)C(Br)(Br)C(Br)(Br)C(Br)(Br)C(Br)(Br)C(Br)(Br)C(Br)(Br)C(Br)(Br)C(Br)(Br)C(Br)(Br)C(Br)(Br)C(Br)(Br)C(Br)(Br)C(Br)(Br)C(Br)(Br)C(Br)(Br)C(Br)(Br)C(Br)(Br)C(Br)(Br)C(Br)(Br)C(Br)(Br)C(Br)(Br)C(Br)(Br)C(Br)(Br)Br.O=S([O-])O. The summed E-state index contributed by atoms with van der Waals surface area (Å²) in [6.07, 6.45) is 0. The fourth-order valence-electron chi connectivity index (χ4n) is 4.30. The molecule has 0 aromatic rings. The minimum Gasteiger partial charge on any atom is -0.750 e. The Balaban J connectivity index is 0. The summed E-state index contributed by atoms with van der Waals surface area (Å²) >= 11 is 196. The minimum atomic E-state index is -2.86. The Labute approximate surface area is 873 Å². The first kappa shape index (κ1) is 104. The van der Waals surface area contributed by atoms with Gasteiger partial charge in [0.15, 0.2) is 4.29 Å². The van der Waals surface area contributed by atoms with E-state index in [0.717, 1.165) is 0 Å². The number of hydrogen-bond acceptors (Lipinski definition) is 2. The van der Waals surface area contributed by atoms with E-state index in [1.54, 1.807) is 0 Å². The molecule has 1 N–H and O–H groups in total. The van der Waals surface area contributed by atoms with Gasteiger partial charge in [0, 0.05) is 0 Å². The van der Waals surface area contributed by atoms with Gasteiger partial charge in [-0.1, -0.05) is 796 Å². The van der Waals surface area contributed by atoms with Crippen molar-refractivity contribution >= 4 is 808 Å². The highest BCUT2D eigenvalue weighted by Crippen LogP contribution is 2.86. The van der Waals surface area contributed by atoms with Crippen molar-refractivity contribution in [2.75, 3.05) is 0 Å². The molecule has 0 aromatic carbocycles. The van der Waals surface area contributed by atoms with Gasteiger partial charge < -0.3 is 9.11 Å². The van der Waals surface area contributed by atoms with E-state index in [9.17, 15) is 0 Å². The van der Waals surface area contributed by atoms with Crippen LogP contribution in [0.15, 0.2) is 0 Å². The van der Waals surface area contributed by atoms with Gasteiger partial charge in [0.1, 0.15) is 71.1 Å². The van der Waals surface area contributed by atoms with E-state index in [-0.39, 0.29) is 0 Å². The summed E-state index contributed by atoms with van der Waals surface area (Å²) in [7, 11) is 0. The molecule has 78 heavy (non-hydrogen) atoms. The average Bonchev–Trinajstić information content (AvgIpc) is 3.17. The standard InChI is InChI=1S/C24Br50.H2O3S/c25-1(26,3(29,30)5(33,34)7(37,38)9(41,42)11(45,46)13(49,50)15(53,54)17(57,58)19(61,62)21(65,66)23(69,70)71)2(27,28)4(31,32)6(35,36)8(39,40)10(43,44)12(47,48)14(51,52)16(55,56)18(59,60)20(63,64)22(67,68)24(72,73)74;1-4(2)3/h;(H2,1,2,3)/p-1. The smallest absolute Gasteiger partial charge is 0.162 e. The lowest BCUT2D eigenvalue weighted by atomic mass is 10.00. The van der Waals surface area contributed by atoms with E-state index < -0.39 is 86.8 Å². The third-order valence-corrected chi connectivity index (χ3v) is 116. The third-order valence-electron chi connectivity index (χ3n) is 8.99. The average molecular weight is 4360 g/mol. The molecule has 0 spiro atoms. The Morgan fingerprint density at radius 1 is 0.167 bits per heavy atom. The van der Waals surface area contributed by atoms with Crippen LogP contribution in [-0.4, -0.2) is 88.7 Å². The lowest BCUT2D eigenvalue weighted by Crippen LogP contribution is -2.75. The Morgan fingerprint density at radius 2 is 0.205 bits per heavy atom. The van der Waals surface area contributed by atoms with Crippen LogP contribution in [-0.2, 0) is 11.4 Å². The maximum Gasteiger partial charge on any atom is 0.162 e. The van der Waals surface area contributed by atoms with Gasteiger partial charge in [0.05, 0.1) is 11.4 Å².